The van der Waals surface area contributed by atoms with E-state index in [4.69, 9.17) is 4.74 Å². The van der Waals surface area contributed by atoms with Gasteiger partial charge in [-0.25, -0.2) is 4.39 Å². The molecule has 0 heterocycles. The molecule has 0 radical (unpaired) electrons. The predicted molar refractivity (Wildman–Crippen MR) is 90.2 cm³/mol. The Labute approximate surface area is 141 Å². The van der Waals surface area contributed by atoms with Crippen LogP contribution in [0.1, 0.15) is 25.0 Å². The first-order valence-corrected chi connectivity index (χ1v) is 7.77. The van der Waals surface area contributed by atoms with Gasteiger partial charge in [-0.2, -0.15) is 0 Å². The molecular weight excluding hydrogens is 309 g/mol. The Kier molecular flexibility index (Phi) is 5.57. The Morgan fingerprint density at radius 1 is 1.21 bits per heavy atom. The maximum absolute atomic E-state index is 13.0. The van der Waals surface area contributed by atoms with Gasteiger partial charge in [0.05, 0.1) is 6.54 Å². The molecule has 2 N–H and O–H groups in total. The van der Waals surface area contributed by atoms with Gasteiger partial charge in [0.25, 0.3) is 5.91 Å². The minimum absolute atomic E-state index is 0.000929. The van der Waals surface area contributed by atoms with Crippen molar-refractivity contribution in [3.8, 4) is 5.75 Å². The fraction of sp³-hybridized carbons (Fsp3) is 0.316. The molecule has 0 aliphatic carbocycles. The predicted octanol–water partition coefficient (Wildman–Crippen LogP) is 2.93. The van der Waals surface area contributed by atoms with E-state index in [2.05, 4.69) is 5.32 Å². The number of aliphatic hydroxyl groups is 1. The number of aryl methyl sites for hydroxylation is 1. The van der Waals surface area contributed by atoms with Crippen molar-refractivity contribution in [1.29, 1.82) is 0 Å². The zero-order valence-electron chi connectivity index (χ0n) is 14.0. The number of hydrogen-bond donors (Lipinski definition) is 2. The molecule has 0 bridgehead atoms. The van der Waals surface area contributed by atoms with Crippen LogP contribution in [0, 0.1) is 12.7 Å². The average molecular weight is 331 g/mol. The first-order valence-electron chi connectivity index (χ1n) is 7.77. The van der Waals surface area contributed by atoms with Crippen LogP contribution < -0.4 is 10.1 Å². The van der Waals surface area contributed by atoms with Gasteiger partial charge in [-0.15, -0.1) is 0 Å². The lowest BCUT2D eigenvalue weighted by Crippen LogP contribution is -2.43. The summed E-state index contributed by atoms with van der Waals surface area (Å²) in [6.07, 6.45) is -0.697. The molecule has 5 heteroatoms. The molecule has 2 atom stereocenters. The highest BCUT2D eigenvalue weighted by atomic mass is 19.1. The average Bonchev–Trinajstić information content (AvgIpc) is 2.55. The Morgan fingerprint density at radius 2 is 1.79 bits per heavy atom. The van der Waals surface area contributed by atoms with Gasteiger partial charge in [0.1, 0.15) is 17.2 Å². The third-order valence-electron chi connectivity index (χ3n) is 3.78. The third-order valence-corrected chi connectivity index (χ3v) is 3.78. The van der Waals surface area contributed by atoms with E-state index >= 15 is 0 Å². The molecule has 2 unspecified atom stereocenters. The van der Waals surface area contributed by atoms with Gasteiger partial charge in [0.15, 0.2) is 6.10 Å². The van der Waals surface area contributed by atoms with Crippen LogP contribution >= 0.6 is 0 Å². The maximum Gasteiger partial charge on any atom is 0.260 e. The lowest BCUT2D eigenvalue weighted by atomic mass is 9.96. The van der Waals surface area contributed by atoms with E-state index in [1.54, 1.807) is 26.0 Å². The van der Waals surface area contributed by atoms with Crippen molar-refractivity contribution in [3.05, 3.63) is 65.5 Å². The standard InChI is InChI=1S/C19H22FNO3/c1-13-4-10-17(11-5-13)24-14(2)18(22)21-12-19(3,23)15-6-8-16(20)9-7-15/h4-11,14,23H,12H2,1-3H3,(H,21,22). The number of rotatable bonds is 6. The number of benzene rings is 2. The summed E-state index contributed by atoms with van der Waals surface area (Å²) in [5.41, 5.74) is 0.332. The number of halogens is 1. The normalized spacial score (nSPS) is 14.5. The largest absolute Gasteiger partial charge is 0.481 e. The summed E-state index contributed by atoms with van der Waals surface area (Å²) in [7, 11) is 0. The van der Waals surface area contributed by atoms with Gasteiger partial charge in [0, 0.05) is 0 Å². The van der Waals surface area contributed by atoms with Crippen LogP contribution in [-0.4, -0.2) is 23.7 Å². The monoisotopic (exact) mass is 331 g/mol. The zero-order chi connectivity index (χ0) is 17.7. The summed E-state index contributed by atoms with van der Waals surface area (Å²) in [5.74, 6) is -0.106. The van der Waals surface area contributed by atoms with Crippen molar-refractivity contribution in [2.75, 3.05) is 6.54 Å². The van der Waals surface area contributed by atoms with Crippen LogP contribution in [-0.2, 0) is 10.4 Å². The molecular formula is C19H22FNO3. The quantitative estimate of drug-likeness (QED) is 0.856. The van der Waals surface area contributed by atoms with E-state index in [9.17, 15) is 14.3 Å². The van der Waals surface area contributed by atoms with E-state index < -0.39 is 11.7 Å². The second kappa shape index (κ2) is 7.45. The minimum atomic E-state index is -1.30. The molecule has 0 aliphatic heterocycles. The fourth-order valence-electron chi connectivity index (χ4n) is 2.19. The van der Waals surface area contributed by atoms with Gasteiger partial charge < -0.3 is 15.2 Å². The summed E-state index contributed by atoms with van der Waals surface area (Å²) in [6.45, 7) is 5.17. The number of ether oxygens (including phenoxy) is 1. The number of carbonyl (C=O) groups is 1. The molecule has 2 aromatic rings. The Morgan fingerprint density at radius 3 is 2.38 bits per heavy atom. The molecule has 24 heavy (non-hydrogen) atoms. The Balaban J connectivity index is 1.91. The minimum Gasteiger partial charge on any atom is -0.481 e. The fourth-order valence-corrected chi connectivity index (χ4v) is 2.19. The van der Waals surface area contributed by atoms with E-state index in [1.807, 2.05) is 19.1 Å². The lowest BCUT2D eigenvalue weighted by Gasteiger charge is -2.25. The summed E-state index contributed by atoms with van der Waals surface area (Å²) in [4.78, 5) is 12.1. The first kappa shape index (κ1) is 17.9. The van der Waals surface area contributed by atoms with Crippen molar-refractivity contribution in [1.82, 2.24) is 5.32 Å². The molecule has 4 nitrogen and oxygen atoms in total. The smallest absolute Gasteiger partial charge is 0.260 e. The highest BCUT2D eigenvalue weighted by molar-refractivity contribution is 5.80. The van der Waals surface area contributed by atoms with Gasteiger partial charge >= 0.3 is 0 Å². The molecule has 0 spiro atoms. The lowest BCUT2D eigenvalue weighted by molar-refractivity contribution is -0.128. The van der Waals surface area contributed by atoms with Crippen molar-refractivity contribution in [2.24, 2.45) is 0 Å². The summed E-state index contributed by atoms with van der Waals surface area (Å²) in [5, 5.41) is 13.1. The molecule has 0 aliphatic rings. The maximum atomic E-state index is 13.0. The second-order valence-corrected chi connectivity index (χ2v) is 6.07. The van der Waals surface area contributed by atoms with E-state index in [-0.39, 0.29) is 18.3 Å². The molecule has 2 aromatic carbocycles. The number of nitrogens with one attached hydrogen (secondary N) is 1. The van der Waals surface area contributed by atoms with Gasteiger partial charge in [-0.1, -0.05) is 29.8 Å². The zero-order valence-corrected chi connectivity index (χ0v) is 14.0. The van der Waals surface area contributed by atoms with E-state index in [0.717, 1.165) is 5.56 Å². The van der Waals surface area contributed by atoms with Crippen LogP contribution in [0.5, 0.6) is 5.75 Å². The summed E-state index contributed by atoms with van der Waals surface area (Å²) in [6, 6.07) is 12.9. The van der Waals surface area contributed by atoms with Crippen LogP contribution in [0.2, 0.25) is 0 Å². The van der Waals surface area contributed by atoms with E-state index in [1.165, 1.54) is 24.3 Å². The summed E-state index contributed by atoms with van der Waals surface area (Å²) < 4.78 is 18.5. The van der Waals surface area contributed by atoms with Crippen LogP contribution in [0.15, 0.2) is 48.5 Å². The van der Waals surface area contributed by atoms with Gasteiger partial charge in [0.2, 0.25) is 0 Å². The third kappa shape index (κ3) is 4.80. The highest BCUT2D eigenvalue weighted by Gasteiger charge is 2.25. The molecule has 128 valence electrons. The molecule has 0 saturated carbocycles. The second-order valence-electron chi connectivity index (χ2n) is 6.07. The van der Waals surface area contributed by atoms with Crippen LogP contribution in [0.25, 0.3) is 0 Å². The van der Waals surface area contributed by atoms with Gasteiger partial charge in [-0.3, -0.25) is 4.79 Å². The molecule has 0 fully saturated rings. The summed E-state index contributed by atoms with van der Waals surface area (Å²) >= 11 is 0. The van der Waals surface area contributed by atoms with Crippen molar-refractivity contribution >= 4 is 5.91 Å². The number of hydrogen-bond acceptors (Lipinski definition) is 3. The highest BCUT2D eigenvalue weighted by Crippen LogP contribution is 2.20. The molecule has 0 aromatic heterocycles. The number of carbonyl (C=O) groups excluding carboxylic acids is 1. The van der Waals surface area contributed by atoms with Crippen LogP contribution in [0.4, 0.5) is 4.39 Å². The van der Waals surface area contributed by atoms with Crippen molar-refractivity contribution < 1.29 is 19.0 Å². The Bertz CT molecular complexity index is 681. The molecule has 2 rings (SSSR count). The molecule has 0 saturated heterocycles. The van der Waals surface area contributed by atoms with Crippen molar-refractivity contribution in [2.45, 2.75) is 32.5 Å². The topological polar surface area (TPSA) is 58.6 Å². The van der Waals surface area contributed by atoms with E-state index in [0.29, 0.717) is 11.3 Å². The first-order chi connectivity index (χ1) is 11.3. The van der Waals surface area contributed by atoms with Gasteiger partial charge in [-0.05, 0) is 50.6 Å². The number of amides is 1. The van der Waals surface area contributed by atoms with Crippen molar-refractivity contribution in [3.63, 3.8) is 0 Å². The molecule has 1 amide bonds. The SMILES string of the molecule is Cc1ccc(OC(C)C(=O)NCC(C)(O)c2ccc(F)cc2)cc1. The Hall–Kier alpha value is -2.40. The van der Waals surface area contributed by atoms with Crippen LogP contribution in [0.3, 0.4) is 0 Å².